The molecule has 0 spiro atoms. The summed E-state index contributed by atoms with van der Waals surface area (Å²) in [7, 11) is 1.84. The molecule has 4 heteroatoms. The molecule has 2 aromatic rings. The van der Waals surface area contributed by atoms with Crippen LogP contribution in [0.4, 0.5) is 0 Å². The van der Waals surface area contributed by atoms with Gasteiger partial charge in [0, 0.05) is 16.4 Å². The van der Waals surface area contributed by atoms with E-state index in [2.05, 4.69) is 22.0 Å². The zero-order valence-electron chi connectivity index (χ0n) is 10.3. The lowest BCUT2D eigenvalue weighted by Gasteiger charge is -2.24. The molecule has 0 bridgehead atoms. The minimum Gasteiger partial charge on any atom is -0.334 e. The van der Waals surface area contributed by atoms with E-state index in [1.54, 1.807) is 16.2 Å². The number of benzene rings is 1. The number of hydrogen-bond donors (Lipinski definition) is 0. The Hall–Kier alpha value is -1.13. The lowest BCUT2D eigenvalue weighted by Crippen LogP contribution is -2.29. The largest absolute Gasteiger partial charge is 0.334 e. The van der Waals surface area contributed by atoms with Crippen LogP contribution in [0, 0.1) is 0 Å². The van der Waals surface area contributed by atoms with E-state index >= 15 is 0 Å². The average Bonchev–Trinajstić information content (AvgIpc) is 2.90. The van der Waals surface area contributed by atoms with Gasteiger partial charge in [-0.1, -0.05) is 18.2 Å². The monoisotopic (exact) mass is 323 g/mol. The van der Waals surface area contributed by atoms with Crippen LogP contribution in [0.2, 0.25) is 0 Å². The molecule has 1 aromatic heterocycles. The van der Waals surface area contributed by atoms with E-state index in [1.807, 2.05) is 49.7 Å². The Morgan fingerprint density at radius 1 is 1.28 bits per heavy atom. The topological polar surface area (TPSA) is 20.3 Å². The molecule has 1 unspecified atom stereocenters. The molecule has 0 saturated carbocycles. The van der Waals surface area contributed by atoms with Gasteiger partial charge in [0.25, 0.3) is 5.91 Å². The van der Waals surface area contributed by atoms with Gasteiger partial charge in [-0.05, 0) is 46.4 Å². The highest BCUT2D eigenvalue weighted by Crippen LogP contribution is 2.26. The van der Waals surface area contributed by atoms with Gasteiger partial charge >= 0.3 is 0 Å². The van der Waals surface area contributed by atoms with Crippen molar-refractivity contribution in [3.63, 3.8) is 0 Å². The van der Waals surface area contributed by atoms with Gasteiger partial charge in [0.2, 0.25) is 0 Å². The number of rotatable bonds is 3. The van der Waals surface area contributed by atoms with Crippen molar-refractivity contribution in [1.82, 2.24) is 4.90 Å². The first-order chi connectivity index (χ1) is 8.61. The molecular weight excluding hydrogens is 310 g/mol. The highest BCUT2D eigenvalue weighted by atomic mass is 79.9. The Kier molecular flexibility index (Phi) is 4.19. The third kappa shape index (κ3) is 2.65. The fourth-order valence-corrected chi connectivity index (χ4v) is 3.00. The molecule has 1 atom stereocenters. The Morgan fingerprint density at radius 3 is 2.61 bits per heavy atom. The molecule has 1 amide bonds. The third-order valence-corrected chi connectivity index (χ3v) is 4.69. The normalized spacial score (nSPS) is 12.2. The molecule has 0 radical (unpaired) electrons. The van der Waals surface area contributed by atoms with Gasteiger partial charge in [0.05, 0.1) is 11.6 Å². The van der Waals surface area contributed by atoms with Gasteiger partial charge < -0.3 is 4.90 Å². The summed E-state index contributed by atoms with van der Waals surface area (Å²) in [4.78, 5) is 15.4. The number of thiophene rings is 1. The first kappa shape index (κ1) is 13.3. The van der Waals surface area contributed by atoms with Crippen LogP contribution in [0.25, 0.3) is 0 Å². The summed E-state index contributed by atoms with van der Waals surface area (Å²) in [5.41, 5.74) is 0.698. The van der Waals surface area contributed by atoms with E-state index in [-0.39, 0.29) is 11.9 Å². The van der Waals surface area contributed by atoms with E-state index < -0.39 is 0 Å². The molecule has 1 aromatic carbocycles. The molecule has 0 aliphatic carbocycles. The second-order valence-corrected chi connectivity index (χ2v) is 5.92. The SMILES string of the molecule is CC(c1cccs1)N(C)C(=O)c1ccccc1Br. The lowest BCUT2D eigenvalue weighted by molar-refractivity contribution is 0.0744. The molecule has 2 rings (SSSR count). The van der Waals surface area contributed by atoms with Crippen molar-refractivity contribution in [2.75, 3.05) is 7.05 Å². The number of halogens is 1. The summed E-state index contributed by atoms with van der Waals surface area (Å²) >= 11 is 5.09. The molecule has 94 valence electrons. The van der Waals surface area contributed by atoms with Crippen LogP contribution in [-0.2, 0) is 0 Å². The smallest absolute Gasteiger partial charge is 0.255 e. The Morgan fingerprint density at radius 2 is 2.00 bits per heavy atom. The van der Waals surface area contributed by atoms with E-state index in [9.17, 15) is 4.79 Å². The molecule has 1 heterocycles. The summed E-state index contributed by atoms with van der Waals surface area (Å²) < 4.78 is 0.834. The van der Waals surface area contributed by atoms with Crippen molar-refractivity contribution in [1.29, 1.82) is 0 Å². The molecule has 0 aliphatic heterocycles. The fraction of sp³-hybridized carbons (Fsp3) is 0.214. The third-order valence-electron chi connectivity index (χ3n) is 2.96. The van der Waals surface area contributed by atoms with Gasteiger partial charge in [-0.3, -0.25) is 4.79 Å². The van der Waals surface area contributed by atoms with E-state index in [4.69, 9.17) is 0 Å². The molecule has 18 heavy (non-hydrogen) atoms. The van der Waals surface area contributed by atoms with Gasteiger partial charge in [0.1, 0.15) is 0 Å². The maximum Gasteiger partial charge on any atom is 0.255 e. The summed E-state index contributed by atoms with van der Waals surface area (Å²) in [6.45, 7) is 2.04. The predicted octanol–water partition coefficient (Wildman–Crippen LogP) is 4.34. The molecular formula is C14H14BrNOS. The Balaban J connectivity index is 2.22. The number of carbonyl (C=O) groups is 1. The van der Waals surface area contributed by atoms with Crippen LogP contribution in [0.1, 0.15) is 28.2 Å². The zero-order valence-corrected chi connectivity index (χ0v) is 12.7. The molecule has 0 saturated heterocycles. The fourth-order valence-electron chi connectivity index (χ4n) is 1.72. The van der Waals surface area contributed by atoms with Gasteiger partial charge in [-0.2, -0.15) is 0 Å². The first-order valence-electron chi connectivity index (χ1n) is 5.66. The van der Waals surface area contributed by atoms with Crippen LogP contribution < -0.4 is 0 Å². The highest BCUT2D eigenvalue weighted by molar-refractivity contribution is 9.10. The van der Waals surface area contributed by atoms with Crippen LogP contribution in [0.5, 0.6) is 0 Å². The number of nitrogens with zero attached hydrogens (tertiary/aromatic N) is 1. The quantitative estimate of drug-likeness (QED) is 0.822. The van der Waals surface area contributed by atoms with Crippen molar-refractivity contribution in [2.45, 2.75) is 13.0 Å². The van der Waals surface area contributed by atoms with E-state index in [0.29, 0.717) is 5.56 Å². The van der Waals surface area contributed by atoms with Crippen molar-refractivity contribution in [3.05, 3.63) is 56.7 Å². The summed E-state index contributed by atoms with van der Waals surface area (Å²) in [6.07, 6.45) is 0. The molecule has 0 aliphatic rings. The van der Waals surface area contributed by atoms with Crippen molar-refractivity contribution >= 4 is 33.2 Å². The summed E-state index contributed by atoms with van der Waals surface area (Å²) in [6, 6.07) is 11.7. The molecule has 0 fully saturated rings. The van der Waals surface area contributed by atoms with Crippen LogP contribution in [0.15, 0.2) is 46.3 Å². The van der Waals surface area contributed by atoms with Crippen LogP contribution in [-0.4, -0.2) is 17.9 Å². The maximum atomic E-state index is 12.4. The lowest BCUT2D eigenvalue weighted by atomic mass is 10.1. The van der Waals surface area contributed by atoms with Crippen molar-refractivity contribution in [3.8, 4) is 0 Å². The minimum atomic E-state index is 0.0309. The van der Waals surface area contributed by atoms with E-state index in [1.165, 1.54) is 4.88 Å². The summed E-state index contributed by atoms with van der Waals surface area (Å²) in [5, 5.41) is 2.03. The minimum absolute atomic E-state index is 0.0309. The van der Waals surface area contributed by atoms with Crippen molar-refractivity contribution in [2.24, 2.45) is 0 Å². The Labute approximate surface area is 119 Å². The first-order valence-corrected chi connectivity index (χ1v) is 7.33. The van der Waals surface area contributed by atoms with Crippen LogP contribution >= 0.6 is 27.3 Å². The molecule has 2 nitrogen and oxygen atoms in total. The highest BCUT2D eigenvalue weighted by Gasteiger charge is 2.20. The van der Waals surface area contributed by atoms with E-state index in [0.717, 1.165) is 4.47 Å². The molecule has 0 N–H and O–H groups in total. The van der Waals surface area contributed by atoms with Gasteiger partial charge in [-0.15, -0.1) is 11.3 Å². The number of carbonyl (C=O) groups excluding carboxylic acids is 1. The number of hydrogen-bond acceptors (Lipinski definition) is 2. The average molecular weight is 324 g/mol. The van der Waals surface area contributed by atoms with Crippen molar-refractivity contribution < 1.29 is 4.79 Å². The Bertz CT molecular complexity index is 538. The standard InChI is InChI=1S/C14H14BrNOS/c1-10(13-8-5-9-18-13)16(2)14(17)11-6-3-4-7-12(11)15/h3-10H,1-2H3. The van der Waals surface area contributed by atoms with Gasteiger partial charge in [0.15, 0.2) is 0 Å². The maximum absolute atomic E-state index is 12.4. The second kappa shape index (κ2) is 5.67. The second-order valence-electron chi connectivity index (χ2n) is 4.09. The number of amides is 1. The van der Waals surface area contributed by atoms with Crippen LogP contribution in [0.3, 0.4) is 0 Å². The predicted molar refractivity (Wildman–Crippen MR) is 79.0 cm³/mol. The zero-order chi connectivity index (χ0) is 13.1. The summed E-state index contributed by atoms with van der Waals surface area (Å²) in [5.74, 6) is 0.0309. The van der Waals surface area contributed by atoms with Gasteiger partial charge in [-0.25, -0.2) is 0 Å².